The summed E-state index contributed by atoms with van der Waals surface area (Å²) in [7, 11) is 0. The number of carbonyl (C=O) groups is 2. The van der Waals surface area contributed by atoms with Crippen molar-refractivity contribution >= 4 is 11.6 Å². The minimum Gasteiger partial charge on any atom is -0.291 e. The van der Waals surface area contributed by atoms with Gasteiger partial charge in [-0.1, -0.05) is 34.6 Å². The molecule has 0 heterocycles. The highest BCUT2D eigenvalue weighted by Crippen LogP contribution is 2.51. The second-order valence-corrected chi connectivity index (χ2v) is 4.76. The standard InChI is InChI=1S/C10H16O2/c1-6-7(11)8(12)10(4,5)9(6,2)3/h6H,1-5H3. The molecule has 0 bridgehead atoms. The van der Waals surface area contributed by atoms with E-state index in [-0.39, 0.29) is 22.9 Å². The second-order valence-electron chi connectivity index (χ2n) is 4.76. The fraction of sp³-hybridized carbons (Fsp3) is 0.800. The van der Waals surface area contributed by atoms with Crippen molar-refractivity contribution in [1.29, 1.82) is 0 Å². The molecule has 1 saturated carbocycles. The third-order valence-electron chi connectivity index (χ3n) is 3.88. The fourth-order valence-corrected chi connectivity index (χ4v) is 1.67. The van der Waals surface area contributed by atoms with Crippen LogP contribution < -0.4 is 0 Å². The van der Waals surface area contributed by atoms with Gasteiger partial charge >= 0.3 is 0 Å². The van der Waals surface area contributed by atoms with E-state index in [9.17, 15) is 9.59 Å². The lowest BCUT2D eigenvalue weighted by atomic mass is 9.67. The van der Waals surface area contributed by atoms with Gasteiger partial charge in [0, 0.05) is 11.3 Å². The lowest BCUT2D eigenvalue weighted by molar-refractivity contribution is -0.138. The highest BCUT2D eigenvalue weighted by Gasteiger charge is 2.57. The Bertz CT molecular complexity index is 249. The van der Waals surface area contributed by atoms with Crippen molar-refractivity contribution in [2.75, 3.05) is 0 Å². The Balaban J connectivity index is 3.24. The Hall–Kier alpha value is -0.660. The number of rotatable bonds is 0. The summed E-state index contributed by atoms with van der Waals surface area (Å²) in [4.78, 5) is 22.9. The summed E-state index contributed by atoms with van der Waals surface area (Å²) < 4.78 is 0. The SMILES string of the molecule is CC1C(=O)C(=O)C(C)(C)C1(C)C. The van der Waals surface area contributed by atoms with Gasteiger partial charge in [-0.15, -0.1) is 0 Å². The predicted molar refractivity (Wildman–Crippen MR) is 46.7 cm³/mol. The first-order valence-electron chi connectivity index (χ1n) is 4.31. The quantitative estimate of drug-likeness (QED) is 0.517. The minimum atomic E-state index is -0.497. The smallest absolute Gasteiger partial charge is 0.204 e. The lowest BCUT2D eigenvalue weighted by Crippen LogP contribution is -2.34. The maximum atomic E-state index is 11.5. The van der Waals surface area contributed by atoms with E-state index in [2.05, 4.69) is 0 Å². The molecule has 2 nitrogen and oxygen atoms in total. The average molecular weight is 168 g/mol. The Morgan fingerprint density at radius 2 is 1.50 bits per heavy atom. The van der Waals surface area contributed by atoms with E-state index in [1.54, 1.807) is 0 Å². The van der Waals surface area contributed by atoms with Crippen LogP contribution in [-0.4, -0.2) is 11.6 Å². The van der Waals surface area contributed by atoms with Gasteiger partial charge in [0.05, 0.1) is 0 Å². The van der Waals surface area contributed by atoms with Crippen LogP contribution in [-0.2, 0) is 9.59 Å². The van der Waals surface area contributed by atoms with Gasteiger partial charge in [-0.05, 0) is 5.41 Å². The highest BCUT2D eigenvalue weighted by molar-refractivity contribution is 6.42. The Labute approximate surface area is 73.3 Å². The molecule has 0 aromatic heterocycles. The van der Waals surface area contributed by atoms with Crippen molar-refractivity contribution in [2.45, 2.75) is 34.6 Å². The van der Waals surface area contributed by atoms with Crippen LogP contribution in [0.2, 0.25) is 0 Å². The zero-order chi connectivity index (χ0) is 9.73. The van der Waals surface area contributed by atoms with E-state index < -0.39 is 5.41 Å². The van der Waals surface area contributed by atoms with Gasteiger partial charge in [0.2, 0.25) is 11.6 Å². The summed E-state index contributed by atoms with van der Waals surface area (Å²) in [6.07, 6.45) is 0. The molecule has 1 fully saturated rings. The van der Waals surface area contributed by atoms with Crippen LogP contribution in [0.1, 0.15) is 34.6 Å². The van der Waals surface area contributed by atoms with E-state index in [1.165, 1.54) is 0 Å². The van der Waals surface area contributed by atoms with Gasteiger partial charge in [-0.25, -0.2) is 0 Å². The van der Waals surface area contributed by atoms with Crippen molar-refractivity contribution < 1.29 is 9.59 Å². The molecule has 0 aliphatic heterocycles. The van der Waals surface area contributed by atoms with Crippen LogP contribution in [0.4, 0.5) is 0 Å². The molecule has 0 saturated heterocycles. The first-order chi connectivity index (χ1) is 5.23. The monoisotopic (exact) mass is 168 g/mol. The molecule has 0 radical (unpaired) electrons. The lowest BCUT2D eigenvalue weighted by Gasteiger charge is -2.34. The van der Waals surface area contributed by atoms with Gasteiger partial charge in [0.15, 0.2) is 0 Å². The van der Waals surface area contributed by atoms with Crippen LogP contribution >= 0.6 is 0 Å². The molecule has 1 aliphatic carbocycles. The van der Waals surface area contributed by atoms with Crippen LogP contribution in [0.25, 0.3) is 0 Å². The molecule has 12 heavy (non-hydrogen) atoms. The number of Topliss-reactive ketones (excluding diaryl/α,β-unsaturated/α-hetero) is 2. The molecule has 0 N–H and O–H groups in total. The van der Waals surface area contributed by atoms with Gasteiger partial charge in [0.25, 0.3) is 0 Å². The number of ketones is 2. The summed E-state index contributed by atoms with van der Waals surface area (Å²) in [5.41, 5.74) is -0.704. The zero-order valence-corrected chi connectivity index (χ0v) is 8.39. The second kappa shape index (κ2) is 2.18. The summed E-state index contributed by atoms with van der Waals surface area (Å²) in [6, 6.07) is 0. The van der Waals surface area contributed by atoms with Crippen molar-refractivity contribution in [1.82, 2.24) is 0 Å². The molecule has 1 unspecified atom stereocenters. The molecule has 2 heteroatoms. The summed E-state index contributed by atoms with van der Waals surface area (Å²) >= 11 is 0. The Kier molecular flexibility index (Phi) is 1.71. The van der Waals surface area contributed by atoms with Crippen LogP contribution in [0.15, 0.2) is 0 Å². The maximum Gasteiger partial charge on any atom is 0.204 e. The van der Waals surface area contributed by atoms with Crippen LogP contribution in [0.3, 0.4) is 0 Å². The molecule has 1 rings (SSSR count). The molecule has 0 amide bonds. The molecule has 0 spiro atoms. The third-order valence-corrected chi connectivity index (χ3v) is 3.88. The van der Waals surface area contributed by atoms with Gasteiger partial charge in [0.1, 0.15) is 0 Å². The maximum absolute atomic E-state index is 11.5. The highest BCUT2D eigenvalue weighted by atomic mass is 16.2. The van der Waals surface area contributed by atoms with Gasteiger partial charge in [-0.3, -0.25) is 9.59 Å². The minimum absolute atomic E-state index is 0.139. The largest absolute Gasteiger partial charge is 0.291 e. The summed E-state index contributed by atoms with van der Waals surface area (Å²) in [5, 5.41) is 0. The molecule has 0 aromatic rings. The van der Waals surface area contributed by atoms with Crippen molar-refractivity contribution in [3.63, 3.8) is 0 Å². The van der Waals surface area contributed by atoms with Crippen LogP contribution in [0, 0.1) is 16.7 Å². The van der Waals surface area contributed by atoms with Crippen molar-refractivity contribution in [2.24, 2.45) is 16.7 Å². The summed E-state index contributed by atoms with van der Waals surface area (Å²) in [6.45, 7) is 9.53. The molecule has 68 valence electrons. The predicted octanol–water partition coefficient (Wildman–Crippen LogP) is 1.83. The van der Waals surface area contributed by atoms with Crippen LogP contribution in [0.5, 0.6) is 0 Å². The van der Waals surface area contributed by atoms with Gasteiger partial charge < -0.3 is 0 Å². The normalized spacial score (nSPS) is 32.6. The van der Waals surface area contributed by atoms with Crippen molar-refractivity contribution in [3.8, 4) is 0 Å². The average Bonchev–Trinajstić information content (AvgIpc) is 2.05. The van der Waals surface area contributed by atoms with E-state index in [0.29, 0.717) is 0 Å². The first kappa shape index (κ1) is 9.43. The first-order valence-corrected chi connectivity index (χ1v) is 4.31. The molecular weight excluding hydrogens is 152 g/mol. The molecule has 1 aliphatic rings. The summed E-state index contributed by atoms with van der Waals surface area (Å²) in [5.74, 6) is -0.551. The molecule has 1 atom stereocenters. The number of hydrogen-bond donors (Lipinski definition) is 0. The van der Waals surface area contributed by atoms with Crippen molar-refractivity contribution in [3.05, 3.63) is 0 Å². The van der Waals surface area contributed by atoms with E-state index in [1.807, 2.05) is 34.6 Å². The van der Waals surface area contributed by atoms with E-state index in [0.717, 1.165) is 0 Å². The number of carbonyl (C=O) groups excluding carboxylic acids is 2. The third kappa shape index (κ3) is 0.809. The zero-order valence-electron chi connectivity index (χ0n) is 8.39. The Morgan fingerprint density at radius 3 is 1.58 bits per heavy atom. The van der Waals surface area contributed by atoms with Gasteiger partial charge in [-0.2, -0.15) is 0 Å². The molecule has 0 aromatic carbocycles. The van der Waals surface area contributed by atoms with E-state index in [4.69, 9.17) is 0 Å². The topological polar surface area (TPSA) is 34.1 Å². The number of hydrogen-bond acceptors (Lipinski definition) is 2. The fourth-order valence-electron chi connectivity index (χ4n) is 1.67. The Morgan fingerprint density at radius 1 is 1.08 bits per heavy atom. The van der Waals surface area contributed by atoms with E-state index >= 15 is 0 Å². The molecular formula is C10H16O2.